The molecule has 190 valence electrons. The fraction of sp³-hybridized carbons (Fsp3) is 0.250. The highest BCUT2D eigenvalue weighted by atomic mass is 35.5. The van der Waals surface area contributed by atoms with Gasteiger partial charge < -0.3 is 25.4 Å². The molecule has 0 saturated carbocycles. The van der Waals surface area contributed by atoms with E-state index in [1.165, 1.54) is 6.08 Å². The molecule has 2 aromatic carbocycles. The Morgan fingerprint density at radius 3 is 2.70 bits per heavy atom. The van der Waals surface area contributed by atoms with E-state index in [1.807, 2.05) is 35.2 Å². The van der Waals surface area contributed by atoms with Crippen LogP contribution in [0.5, 0.6) is 5.75 Å². The van der Waals surface area contributed by atoms with Crippen LogP contribution < -0.4 is 15.8 Å². The highest BCUT2D eigenvalue weighted by Crippen LogP contribution is 2.42. The number of benzene rings is 2. The Hall–Kier alpha value is -3.88. The van der Waals surface area contributed by atoms with Crippen molar-refractivity contribution < 1.29 is 19.1 Å². The zero-order valence-electron chi connectivity index (χ0n) is 20.2. The number of hydrogen-bond acceptors (Lipinski definition) is 6. The van der Waals surface area contributed by atoms with Crippen molar-refractivity contribution in [2.75, 3.05) is 38.6 Å². The lowest BCUT2D eigenvalue weighted by molar-refractivity contribution is -0.116. The van der Waals surface area contributed by atoms with Gasteiger partial charge in [-0.15, -0.1) is 0 Å². The fourth-order valence-corrected chi connectivity index (χ4v) is 4.75. The minimum absolute atomic E-state index is 0.0200. The number of anilines is 1. The van der Waals surface area contributed by atoms with Gasteiger partial charge in [-0.05, 0) is 47.0 Å². The summed E-state index contributed by atoms with van der Waals surface area (Å²) < 4.78 is 11.5. The number of hydrogen-bond donors (Lipinski definition) is 2. The number of halogens is 1. The average Bonchev–Trinajstić information content (AvgIpc) is 3.37. The number of ether oxygens (including phenoxy) is 2. The largest absolute Gasteiger partial charge is 0.486 e. The van der Waals surface area contributed by atoms with Gasteiger partial charge in [-0.1, -0.05) is 35.9 Å². The molecule has 0 spiro atoms. The molecule has 1 saturated heterocycles. The highest BCUT2D eigenvalue weighted by molar-refractivity contribution is 6.32. The summed E-state index contributed by atoms with van der Waals surface area (Å²) in [6.45, 7) is 2.52. The molecular formula is C28H27ClN4O4. The second kappa shape index (κ2) is 11.0. The Bertz CT molecular complexity index is 1340. The summed E-state index contributed by atoms with van der Waals surface area (Å²) in [5, 5.41) is 3.38. The number of amides is 2. The van der Waals surface area contributed by atoms with Gasteiger partial charge in [0.15, 0.2) is 0 Å². The molecule has 1 fully saturated rings. The lowest BCUT2D eigenvalue weighted by atomic mass is 9.92. The molecule has 1 unspecified atom stereocenters. The number of carbonyl (C=O) groups excluding carboxylic acids is 2. The maximum absolute atomic E-state index is 13.3. The van der Waals surface area contributed by atoms with Crippen LogP contribution in [0.3, 0.4) is 0 Å². The zero-order chi connectivity index (χ0) is 25.8. The van der Waals surface area contributed by atoms with Crippen LogP contribution in [-0.2, 0) is 16.0 Å². The second-order valence-electron chi connectivity index (χ2n) is 8.89. The molecule has 3 heterocycles. The summed E-state index contributed by atoms with van der Waals surface area (Å²) >= 11 is 6.48. The van der Waals surface area contributed by atoms with Gasteiger partial charge >= 0.3 is 0 Å². The van der Waals surface area contributed by atoms with Crippen LogP contribution in [0.1, 0.15) is 21.5 Å². The van der Waals surface area contributed by atoms with E-state index in [2.05, 4.69) is 10.3 Å². The first-order valence-electron chi connectivity index (χ1n) is 12.1. The Labute approximate surface area is 220 Å². The first-order valence-corrected chi connectivity index (χ1v) is 12.5. The maximum Gasteiger partial charge on any atom is 0.254 e. The molecule has 2 amide bonds. The number of carbonyl (C=O) groups is 2. The van der Waals surface area contributed by atoms with Crippen LogP contribution in [-0.4, -0.2) is 60.7 Å². The molecule has 37 heavy (non-hydrogen) atoms. The molecule has 5 rings (SSSR count). The van der Waals surface area contributed by atoms with Gasteiger partial charge in [0.05, 0.1) is 24.8 Å². The van der Waals surface area contributed by atoms with Crippen LogP contribution in [0.2, 0.25) is 5.02 Å². The lowest BCUT2D eigenvalue weighted by Crippen LogP contribution is -2.40. The second-order valence-corrected chi connectivity index (χ2v) is 9.30. The van der Waals surface area contributed by atoms with Crippen molar-refractivity contribution in [3.05, 3.63) is 82.5 Å². The van der Waals surface area contributed by atoms with E-state index in [0.29, 0.717) is 61.4 Å². The van der Waals surface area contributed by atoms with Gasteiger partial charge in [-0.3, -0.25) is 9.59 Å². The molecule has 9 heteroatoms. The maximum atomic E-state index is 13.3. The zero-order valence-corrected chi connectivity index (χ0v) is 20.9. The van der Waals surface area contributed by atoms with Gasteiger partial charge in [0.2, 0.25) is 5.91 Å². The minimum atomic E-state index is -0.286. The van der Waals surface area contributed by atoms with Crippen molar-refractivity contribution in [2.24, 2.45) is 0 Å². The molecular weight excluding hydrogens is 492 g/mol. The number of nitrogens with two attached hydrogens (primary N) is 1. The first-order chi connectivity index (χ1) is 18.0. The standard InChI is InChI=1S/C28H27ClN4O4/c29-24-8-7-21(20-3-1-2-4-22(20)28(35)33-11-13-36-14-12-33)23-15-19(37-27(23)24)17-32-26(34)10-6-18-5-9-25(30)31-16-18/h1-10,16,19H,11-15,17H2,(H2,30,31)(H,32,34)/b10-6+. The van der Waals surface area contributed by atoms with E-state index in [9.17, 15) is 9.59 Å². The van der Waals surface area contributed by atoms with Crippen LogP contribution in [0, 0.1) is 0 Å². The van der Waals surface area contributed by atoms with Crippen molar-refractivity contribution in [1.29, 1.82) is 0 Å². The van der Waals surface area contributed by atoms with Gasteiger partial charge in [0.1, 0.15) is 17.7 Å². The topological polar surface area (TPSA) is 107 Å². The molecule has 8 nitrogen and oxygen atoms in total. The summed E-state index contributed by atoms with van der Waals surface area (Å²) in [7, 11) is 0. The van der Waals surface area contributed by atoms with Gasteiger partial charge in [-0.2, -0.15) is 0 Å². The van der Waals surface area contributed by atoms with Crippen molar-refractivity contribution >= 4 is 35.3 Å². The van der Waals surface area contributed by atoms with Crippen molar-refractivity contribution in [3.8, 4) is 16.9 Å². The predicted octanol–water partition coefficient (Wildman–Crippen LogP) is 3.59. The molecule has 1 aromatic heterocycles. The van der Waals surface area contributed by atoms with Gasteiger partial charge in [0, 0.05) is 42.9 Å². The van der Waals surface area contributed by atoms with Crippen molar-refractivity contribution in [1.82, 2.24) is 15.2 Å². The van der Waals surface area contributed by atoms with Crippen LogP contribution in [0.4, 0.5) is 5.82 Å². The number of nitrogen functional groups attached to an aromatic ring is 1. The van der Waals surface area contributed by atoms with E-state index < -0.39 is 0 Å². The third kappa shape index (κ3) is 5.60. The number of rotatable bonds is 6. The minimum Gasteiger partial charge on any atom is -0.486 e. The molecule has 3 aromatic rings. The van der Waals surface area contributed by atoms with Gasteiger partial charge in [0.25, 0.3) is 5.91 Å². The fourth-order valence-electron chi connectivity index (χ4n) is 4.53. The Kier molecular flexibility index (Phi) is 7.39. The Morgan fingerprint density at radius 2 is 1.92 bits per heavy atom. The average molecular weight is 519 g/mol. The SMILES string of the molecule is Nc1ccc(/C=C/C(=O)NCC2Cc3c(-c4ccccc4C(=O)N4CCOCC4)ccc(Cl)c3O2)cn1. The third-order valence-corrected chi connectivity index (χ3v) is 6.71. The summed E-state index contributed by atoms with van der Waals surface area (Å²) in [6.07, 6.45) is 4.98. The van der Waals surface area contributed by atoms with E-state index in [0.717, 1.165) is 22.3 Å². The summed E-state index contributed by atoms with van der Waals surface area (Å²) in [5.74, 6) is 0.749. The molecule has 2 aliphatic rings. The number of morpholine rings is 1. The third-order valence-electron chi connectivity index (χ3n) is 6.42. The normalized spacial score (nSPS) is 16.9. The number of fused-ring (bicyclic) bond motifs is 1. The highest BCUT2D eigenvalue weighted by Gasteiger charge is 2.30. The molecule has 3 N–H and O–H groups in total. The number of pyridine rings is 1. The smallest absolute Gasteiger partial charge is 0.254 e. The first kappa shape index (κ1) is 24.8. The van der Waals surface area contributed by atoms with Crippen LogP contribution in [0.25, 0.3) is 17.2 Å². The van der Waals surface area contributed by atoms with Crippen LogP contribution in [0.15, 0.2) is 60.8 Å². The van der Waals surface area contributed by atoms with Crippen molar-refractivity contribution in [3.63, 3.8) is 0 Å². The number of nitrogens with one attached hydrogen (secondary N) is 1. The number of nitrogens with zero attached hydrogens (tertiary/aromatic N) is 2. The summed E-state index contributed by atoms with van der Waals surface area (Å²) in [6, 6.07) is 14.8. The summed E-state index contributed by atoms with van der Waals surface area (Å²) in [4.78, 5) is 31.5. The molecule has 0 aliphatic carbocycles. The van der Waals surface area contributed by atoms with E-state index in [4.69, 9.17) is 26.8 Å². The molecule has 0 bridgehead atoms. The van der Waals surface area contributed by atoms with E-state index in [-0.39, 0.29) is 17.9 Å². The lowest BCUT2D eigenvalue weighted by Gasteiger charge is -2.27. The number of aromatic nitrogens is 1. The quantitative estimate of drug-likeness (QED) is 0.483. The van der Waals surface area contributed by atoms with E-state index in [1.54, 1.807) is 30.5 Å². The molecule has 2 aliphatic heterocycles. The Morgan fingerprint density at radius 1 is 1.11 bits per heavy atom. The van der Waals surface area contributed by atoms with Crippen LogP contribution >= 0.6 is 11.6 Å². The predicted molar refractivity (Wildman–Crippen MR) is 142 cm³/mol. The Balaban J connectivity index is 1.31. The van der Waals surface area contributed by atoms with Crippen molar-refractivity contribution in [2.45, 2.75) is 12.5 Å². The van der Waals surface area contributed by atoms with E-state index >= 15 is 0 Å². The monoisotopic (exact) mass is 518 g/mol. The van der Waals surface area contributed by atoms with Gasteiger partial charge in [-0.25, -0.2) is 4.98 Å². The molecule has 1 atom stereocenters. The molecule has 0 radical (unpaired) electrons. The summed E-state index contributed by atoms with van der Waals surface area (Å²) in [5.41, 5.74) is 9.66.